The highest BCUT2D eigenvalue weighted by Crippen LogP contribution is 1.90. The maximum atomic E-state index is 10.7. The SMILES string of the molecule is CNC(=O)NCc1nnc(N)[nH]1. The molecule has 0 bridgehead atoms. The number of hydrogen-bond donors (Lipinski definition) is 4. The number of urea groups is 1. The number of rotatable bonds is 2. The van der Waals surface area contributed by atoms with Gasteiger partial charge < -0.3 is 21.4 Å². The Morgan fingerprint density at radius 2 is 2.42 bits per heavy atom. The molecule has 66 valence electrons. The fourth-order valence-electron chi connectivity index (χ4n) is 0.644. The van der Waals surface area contributed by atoms with Gasteiger partial charge in [-0.25, -0.2) is 4.79 Å². The number of carbonyl (C=O) groups excluding carboxylic acids is 1. The molecule has 1 aromatic rings. The van der Waals surface area contributed by atoms with Gasteiger partial charge in [-0.3, -0.25) is 0 Å². The van der Waals surface area contributed by atoms with E-state index >= 15 is 0 Å². The van der Waals surface area contributed by atoms with Gasteiger partial charge in [-0.05, 0) is 0 Å². The average molecular weight is 170 g/mol. The lowest BCUT2D eigenvalue weighted by Crippen LogP contribution is -2.32. The Morgan fingerprint density at radius 1 is 1.67 bits per heavy atom. The van der Waals surface area contributed by atoms with E-state index < -0.39 is 0 Å². The van der Waals surface area contributed by atoms with Gasteiger partial charge in [0.2, 0.25) is 5.95 Å². The standard InChI is InChI=1S/C5H10N6O/c1-7-5(12)8-2-3-9-4(6)11-10-3/h2H2,1H3,(H2,7,8,12)(H3,6,9,10,11). The predicted octanol–water partition coefficient (Wildman–Crippen LogP) is -1.18. The van der Waals surface area contributed by atoms with Crippen LogP contribution in [0.1, 0.15) is 5.82 Å². The smallest absolute Gasteiger partial charge is 0.314 e. The predicted molar refractivity (Wildman–Crippen MR) is 42.1 cm³/mol. The molecule has 0 radical (unpaired) electrons. The largest absolute Gasteiger partial charge is 0.368 e. The molecule has 0 aliphatic carbocycles. The molecule has 0 fully saturated rings. The van der Waals surface area contributed by atoms with Gasteiger partial charge in [-0.1, -0.05) is 0 Å². The van der Waals surface area contributed by atoms with Gasteiger partial charge in [0.05, 0.1) is 6.54 Å². The van der Waals surface area contributed by atoms with E-state index in [2.05, 4.69) is 25.8 Å². The summed E-state index contributed by atoms with van der Waals surface area (Å²) in [7, 11) is 1.53. The molecule has 1 rings (SSSR count). The molecule has 1 aromatic heterocycles. The first-order chi connectivity index (χ1) is 5.72. The number of amides is 2. The van der Waals surface area contributed by atoms with E-state index in [1.165, 1.54) is 7.05 Å². The number of anilines is 1. The highest BCUT2D eigenvalue weighted by atomic mass is 16.2. The van der Waals surface area contributed by atoms with Crippen molar-refractivity contribution in [2.75, 3.05) is 12.8 Å². The highest BCUT2D eigenvalue weighted by molar-refractivity contribution is 5.73. The maximum absolute atomic E-state index is 10.7. The molecule has 0 atom stereocenters. The molecule has 1 heterocycles. The molecule has 12 heavy (non-hydrogen) atoms. The van der Waals surface area contributed by atoms with Gasteiger partial charge in [0.15, 0.2) is 5.82 Å². The number of H-pyrrole nitrogens is 1. The van der Waals surface area contributed by atoms with E-state index in [1.54, 1.807) is 0 Å². The van der Waals surface area contributed by atoms with Crippen molar-refractivity contribution in [3.63, 3.8) is 0 Å². The molecule has 0 unspecified atom stereocenters. The van der Waals surface area contributed by atoms with Crippen molar-refractivity contribution in [2.45, 2.75) is 6.54 Å². The Hall–Kier alpha value is -1.79. The normalized spacial score (nSPS) is 9.42. The first-order valence-electron chi connectivity index (χ1n) is 3.35. The second-order valence-corrected chi connectivity index (χ2v) is 2.09. The Morgan fingerprint density at radius 3 is 2.92 bits per heavy atom. The summed E-state index contributed by atoms with van der Waals surface area (Å²) >= 11 is 0. The van der Waals surface area contributed by atoms with E-state index in [1.807, 2.05) is 0 Å². The topological polar surface area (TPSA) is 109 Å². The van der Waals surface area contributed by atoms with Crippen LogP contribution in [0, 0.1) is 0 Å². The second kappa shape index (κ2) is 3.56. The van der Waals surface area contributed by atoms with Crippen molar-refractivity contribution < 1.29 is 4.79 Å². The quantitative estimate of drug-likeness (QED) is 0.447. The van der Waals surface area contributed by atoms with Gasteiger partial charge >= 0.3 is 6.03 Å². The highest BCUT2D eigenvalue weighted by Gasteiger charge is 2.00. The molecular weight excluding hydrogens is 160 g/mol. The number of aromatic nitrogens is 3. The minimum Gasteiger partial charge on any atom is -0.368 e. The van der Waals surface area contributed by atoms with E-state index in [4.69, 9.17) is 5.73 Å². The van der Waals surface area contributed by atoms with Crippen LogP contribution in [0.5, 0.6) is 0 Å². The van der Waals surface area contributed by atoms with Crippen LogP contribution >= 0.6 is 0 Å². The van der Waals surface area contributed by atoms with E-state index in [9.17, 15) is 4.79 Å². The van der Waals surface area contributed by atoms with Crippen LogP contribution in [0.25, 0.3) is 0 Å². The van der Waals surface area contributed by atoms with Crippen molar-refractivity contribution in [1.82, 2.24) is 25.8 Å². The molecule has 5 N–H and O–H groups in total. The van der Waals surface area contributed by atoms with Crippen LogP contribution in [0.3, 0.4) is 0 Å². The lowest BCUT2D eigenvalue weighted by atomic mass is 10.6. The van der Waals surface area contributed by atoms with Crippen LogP contribution < -0.4 is 16.4 Å². The summed E-state index contributed by atoms with van der Waals surface area (Å²) in [6, 6.07) is -0.273. The summed E-state index contributed by atoms with van der Waals surface area (Å²) in [6.07, 6.45) is 0. The Kier molecular flexibility index (Phi) is 2.46. The Balaban J connectivity index is 2.38. The van der Waals surface area contributed by atoms with Gasteiger partial charge in [0.1, 0.15) is 0 Å². The molecule has 0 aliphatic rings. The van der Waals surface area contributed by atoms with E-state index in [0.717, 1.165) is 0 Å². The second-order valence-electron chi connectivity index (χ2n) is 2.09. The number of carbonyl (C=O) groups is 1. The fourth-order valence-corrected chi connectivity index (χ4v) is 0.644. The summed E-state index contributed by atoms with van der Waals surface area (Å²) in [5.41, 5.74) is 5.26. The summed E-state index contributed by atoms with van der Waals surface area (Å²) in [5, 5.41) is 12.1. The van der Waals surface area contributed by atoms with Gasteiger partial charge in [0.25, 0.3) is 0 Å². The van der Waals surface area contributed by atoms with Crippen LogP contribution in [0.15, 0.2) is 0 Å². The van der Waals surface area contributed by atoms with Crippen molar-refractivity contribution in [2.24, 2.45) is 0 Å². The summed E-state index contributed by atoms with van der Waals surface area (Å²) in [6.45, 7) is 0.282. The monoisotopic (exact) mass is 170 g/mol. The first-order valence-corrected chi connectivity index (χ1v) is 3.35. The van der Waals surface area contributed by atoms with Gasteiger partial charge in [-0.2, -0.15) is 0 Å². The van der Waals surface area contributed by atoms with Crippen molar-refractivity contribution in [1.29, 1.82) is 0 Å². The molecule has 0 aliphatic heterocycles. The third-order valence-corrected chi connectivity index (χ3v) is 1.19. The molecule has 0 aromatic carbocycles. The van der Waals surface area contributed by atoms with Crippen LogP contribution in [-0.2, 0) is 6.54 Å². The summed E-state index contributed by atoms with van der Waals surface area (Å²) in [5.74, 6) is 0.764. The van der Waals surface area contributed by atoms with Crippen LogP contribution in [-0.4, -0.2) is 28.3 Å². The lowest BCUT2D eigenvalue weighted by molar-refractivity contribution is 0.242. The third kappa shape index (κ3) is 2.11. The Labute approximate surface area is 68.7 Å². The number of nitrogens with zero attached hydrogens (tertiary/aromatic N) is 2. The van der Waals surface area contributed by atoms with Crippen LogP contribution in [0.4, 0.5) is 10.7 Å². The van der Waals surface area contributed by atoms with Gasteiger partial charge in [0, 0.05) is 7.05 Å². The minimum atomic E-state index is -0.273. The summed E-state index contributed by atoms with van der Waals surface area (Å²) in [4.78, 5) is 13.3. The van der Waals surface area contributed by atoms with Crippen molar-refractivity contribution in [3.05, 3.63) is 5.82 Å². The molecule has 7 heteroatoms. The molecule has 0 spiro atoms. The number of nitrogens with one attached hydrogen (secondary N) is 3. The zero-order valence-corrected chi connectivity index (χ0v) is 6.59. The lowest BCUT2D eigenvalue weighted by Gasteiger charge is -1.99. The van der Waals surface area contributed by atoms with E-state index in [0.29, 0.717) is 5.82 Å². The third-order valence-electron chi connectivity index (χ3n) is 1.19. The fraction of sp³-hybridized carbons (Fsp3) is 0.400. The molecule has 2 amide bonds. The molecular formula is C5H10N6O. The van der Waals surface area contributed by atoms with Gasteiger partial charge in [-0.15, -0.1) is 10.2 Å². The Bertz CT molecular complexity index is 269. The number of aromatic amines is 1. The zero-order chi connectivity index (χ0) is 8.97. The van der Waals surface area contributed by atoms with E-state index in [-0.39, 0.29) is 18.5 Å². The molecule has 0 saturated carbocycles. The average Bonchev–Trinajstić information content (AvgIpc) is 2.47. The minimum absolute atomic E-state index is 0.240. The molecule has 0 saturated heterocycles. The summed E-state index contributed by atoms with van der Waals surface area (Å²) < 4.78 is 0. The number of nitrogens with two attached hydrogens (primary N) is 1. The maximum Gasteiger partial charge on any atom is 0.314 e. The van der Waals surface area contributed by atoms with Crippen molar-refractivity contribution in [3.8, 4) is 0 Å². The molecule has 7 nitrogen and oxygen atoms in total. The van der Waals surface area contributed by atoms with Crippen LogP contribution in [0.2, 0.25) is 0 Å². The zero-order valence-electron chi connectivity index (χ0n) is 6.59. The number of hydrogen-bond acceptors (Lipinski definition) is 4. The van der Waals surface area contributed by atoms with Crippen molar-refractivity contribution >= 4 is 12.0 Å². The first kappa shape index (κ1) is 8.31. The number of nitrogen functional groups attached to an aromatic ring is 1.